The first-order chi connectivity index (χ1) is 18.3. The Balaban J connectivity index is 1.76. The number of nitrogens with zero attached hydrogens (tertiary/aromatic N) is 4. The van der Waals surface area contributed by atoms with Gasteiger partial charge in [-0.1, -0.05) is 18.2 Å². The molecule has 0 aliphatic carbocycles. The molecule has 1 aliphatic rings. The molecule has 2 atom stereocenters. The van der Waals surface area contributed by atoms with Crippen molar-refractivity contribution >= 4 is 32.7 Å². The highest BCUT2D eigenvalue weighted by Crippen LogP contribution is 2.35. The van der Waals surface area contributed by atoms with Crippen LogP contribution in [0, 0.1) is 12.7 Å². The third-order valence-electron chi connectivity index (χ3n) is 6.65. The molecule has 3 aromatic rings. The van der Waals surface area contributed by atoms with Gasteiger partial charge in [-0.3, -0.25) is 0 Å². The van der Waals surface area contributed by atoms with Gasteiger partial charge in [0.2, 0.25) is 0 Å². The Morgan fingerprint density at radius 1 is 1.18 bits per heavy atom. The number of carbonyl (C=O) groups excluding carboxylic acids is 1. The van der Waals surface area contributed by atoms with Crippen molar-refractivity contribution in [3.63, 3.8) is 0 Å². The van der Waals surface area contributed by atoms with Gasteiger partial charge in [0.15, 0.2) is 15.6 Å². The SMILES string of the molecule is Cc1nc(N[C@H](C)c2cccc(C(F)F)c2F)c2cc(OC(=O)N3CCN(C)CC3C)c(S(C)(=O)=O)cc2n1. The molecule has 2 aromatic carbocycles. The van der Waals surface area contributed by atoms with Crippen LogP contribution < -0.4 is 10.1 Å². The van der Waals surface area contributed by atoms with Crippen molar-refractivity contribution in [3.8, 4) is 5.75 Å². The highest BCUT2D eigenvalue weighted by atomic mass is 32.2. The van der Waals surface area contributed by atoms with Crippen LogP contribution in [0.25, 0.3) is 10.9 Å². The Bertz CT molecular complexity index is 1520. The first-order valence-electron chi connectivity index (χ1n) is 12.3. The van der Waals surface area contributed by atoms with Crippen molar-refractivity contribution < 1.29 is 31.1 Å². The number of amides is 1. The van der Waals surface area contributed by atoms with Gasteiger partial charge in [0.1, 0.15) is 22.4 Å². The van der Waals surface area contributed by atoms with E-state index >= 15 is 0 Å². The third kappa shape index (κ3) is 6.09. The molecule has 1 aromatic heterocycles. The maximum absolute atomic E-state index is 14.8. The summed E-state index contributed by atoms with van der Waals surface area (Å²) in [6, 6.07) is 5.45. The maximum atomic E-state index is 14.8. The lowest BCUT2D eigenvalue weighted by Gasteiger charge is -2.37. The largest absolute Gasteiger partial charge is 0.415 e. The lowest BCUT2D eigenvalue weighted by atomic mass is 10.0. The molecule has 9 nitrogen and oxygen atoms in total. The summed E-state index contributed by atoms with van der Waals surface area (Å²) in [5.74, 6) is -0.750. The first kappa shape index (κ1) is 28.6. The zero-order chi connectivity index (χ0) is 28.6. The number of fused-ring (bicyclic) bond motifs is 1. The second-order valence-electron chi connectivity index (χ2n) is 9.80. The Hall–Kier alpha value is -3.45. The van der Waals surface area contributed by atoms with Crippen LogP contribution in [0.4, 0.5) is 23.8 Å². The summed E-state index contributed by atoms with van der Waals surface area (Å²) in [6.45, 7) is 6.73. The molecular weight excluding hydrogens is 535 g/mol. The number of sulfone groups is 1. The fourth-order valence-corrected chi connectivity index (χ4v) is 5.44. The number of benzene rings is 2. The highest BCUT2D eigenvalue weighted by molar-refractivity contribution is 7.90. The molecule has 13 heteroatoms. The minimum Gasteiger partial charge on any atom is -0.409 e. The molecule has 0 radical (unpaired) electrons. The lowest BCUT2D eigenvalue weighted by Crippen LogP contribution is -2.53. The second kappa shape index (κ2) is 11.0. The van der Waals surface area contributed by atoms with Gasteiger partial charge in [0, 0.05) is 42.9 Å². The number of ether oxygens (including phenoxy) is 1. The molecule has 39 heavy (non-hydrogen) atoms. The zero-order valence-corrected chi connectivity index (χ0v) is 23.0. The molecule has 0 bridgehead atoms. The minimum absolute atomic E-state index is 0.000627. The monoisotopic (exact) mass is 565 g/mol. The van der Waals surface area contributed by atoms with Gasteiger partial charge in [0.05, 0.1) is 17.1 Å². The molecule has 2 heterocycles. The van der Waals surface area contributed by atoms with Gasteiger partial charge in [-0.05, 0) is 40.0 Å². The summed E-state index contributed by atoms with van der Waals surface area (Å²) in [4.78, 5) is 25.2. The Morgan fingerprint density at radius 2 is 1.87 bits per heavy atom. The molecule has 1 aliphatic heterocycles. The number of nitrogens with one attached hydrogen (secondary N) is 1. The molecule has 0 saturated carbocycles. The predicted molar refractivity (Wildman–Crippen MR) is 140 cm³/mol. The van der Waals surface area contributed by atoms with E-state index in [0.717, 1.165) is 12.3 Å². The van der Waals surface area contributed by atoms with Crippen molar-refractivity contribution in [2.24, 2.45) is 0 Å². The number of rotatable bonds is 6. The van der Waals surface area contributed by atoms with Crippen LogP contribution in [-0.2, 0) is 9.84 Å². The van der Waals surface area contributed by atoms with E-state index in [0.29, 0.717) is 25.0 Å². The number of alkyl halides is 2. The van der Waals surface area contributed by atoms with E-state index in [9.17, 15) is 26.4 Å². The normalized spacial score (nSPS) is 17.5. The first-order valence-corrected chi connectivity index (χ1v) is 14.2. The summed E-state index contributed by atoms with van der Waals surface area (Å²) in [7, 11) is -1.90. The number of halogens is 3. The van der Waals surface area contributed by atoms with Crippen LogP contribution in [0.3, 0.4) is 0 Å². The third-order valence-corrected chi connectivity index (χ3v) is 7.77. The predicted octanol–water partition coefficient (Wildman–Crippen LogP) is 4.73. The molecule has 1 saturated heterocycles. The number of anilines is 1. The number of aryl methyl sites for hydroxylation is 1. The van der Waals surface area contributed by atoms with E-state index in [1.54, 1.807) is 13.8 Å². The quantitative estimate of drug-likeness (QED) is 0.458. The van der Waals surface area contributed by atoms with Crippen LogP contribution in [-0.4, -0.2) is 73.3 Å². The van der Waals surface area contributed by atoms with E-state index in [1.165, 1.54) is 29.2 Å². The van der Waals surface area contributed by atoms with Crippen molar-refractivity contribution in [1.29, 1.82) is 0 Å². The number of piperazine rings is 1. The van der Waals surface area contributed by atoms with Crippen LogP contribution >= 0.6 is 0 Å². The summed E-state index contributed by atoms with van der Waals surface area (Å²) < 4.78 is 72.2. The van der Waals surface area contributed by atoms with Crippen LogP contribution in [0.2, 0.25) is 0 Å². The summed E-state index contributed by atoms with van der Waals surface area (Å²) in [5, 5.41) is 3.33. The number of aromatic nitrogens is 2. The lowest BCUT2D eigenvalue weighted by molar-refractivity contribution is 0.0887. The Morgan fingerprint density at radius 3 is 2.51 bits per heavy atom. The minimum atomic E-state index is -3.84. The molecule has 4 rings (SSSR count). The van der Waals surface area contributed by atoms with Gasteiger partial charge in [0.25, 0.3) is 6.43 Å². The van der Waals surface area contributed by atoms with E-state index in [2.05, 4.69) is 20.2 Å². The molecule has 1 fully saturated rings. The second-order valence-corrected chi connectivity index (χ2v) is 11.8. The Labute approximate surface area is 224 Å². The van der Waals surface area contributed by atoms with Crippen molar-refractivity contribution in [1.82, 2.24) is 19.8 Å². The molecular formula is C26H30F3N5O4S. The maximum Gasteiger partial charge on any atom is 0.415 e. The number of hydrogen-bond acceptors (Lipinski definition) is 8. The topological polar surface area (TPSA) is 105 Å². The van der Waals surface area contributed by atoms with E-state index < -0.39 is 39.8 Å². The molecule has 1 unspecified atom stereocenters. The van der Waals surface area contributed by atoms with Gasteiger partial charge in [-0.25, -0.2) is 36.4 Å². The average Bonchev–Trinajstić information content (AvgIpc) is 2.83. The molecule has 1 N–H and O–H groups in total. The van der Waals surface area contributed by atoms with Crippen molar-refractivity contribution in [2.75, 3.05) is 38.3 Å². The van der Waals surface area contributed by atoms with Gasteiger partial charge >= 0.3 is 6.09 Å². The van der Waals surface area contributed by atoms with Crippen LogP contribution in [0.15, 0.2) is 35.2 Å². The summed E-state index contributed by atoms with van der Waals surface area (Å²) in [5.41, 5.74) is -0.470. The van der Waals surface area contributed by atoms with E-state index in [-0.39, 0.29) is 39.4 Å². The fraction of sp³-hybridized carbons (Fsp3) is 0.423. The van der Waals surface area contributed by atoms with Gasteiger partial charge in [-0.2, -0.15) is 0 Å². The van der Waals surface area contributed by atoms with E-state index in [4.69, 9.17) is 4.74 Å². The Kier molecular flexibility index (Phi) is 8.03. The summed E-state index contributed by atoms with van der Waals surface area (Å²) >= 11 is 0. The van der Waals surface area contributed by atoms with E-state index in [1.807, 2.05) is 14.0 Å². The van der Waals surface area contributed by atoms with Crippen molar-refractivity contribution in [3.05, 3.63) is 53.1 Å². The highest BCUT2D eigenvalue weighted by Gasteiger charge is 2.29. The number of hydrogen-bond donors (Lipinski definition) is 1. The molecule has 1 amide bonds. The fourth-order valence-electron chi connectivity index (χ4n) is 4.65. The smallest absolute Gasteiger partial charge is 0.409 e. The van der Waals surface area contributed by atoms with Crippen LogP contribution in [0.1, 0.15) is 43.3 Å². The zero-order valence-electron chi connectivity index (χ0n) is 22.2. The summed E-state index contributed by atoms with van der Waals surface area (Å²) in [6.07, 6.45) is -2.67. The molecule has 0 spiro atoms. The van der Waals surface area contributed by atoms with Crippen LogP contribution in [0.5, 0.6) is 5.75 Å². The molecule has 210 valence electrons. The van der Waals surface area contributed by atoms with Crippen molar-refractivity contribution in [2.45, 2.75) is 44.2 Å². The number of likely N-dealkylation sites (N-methyl/N-ethyl adjacent to an activating group) is 1. The average molecular weight is 566 g/mol. The standard InChI is InChI=1S/C26H30F3N5O4S/c1-14-13-33(4)9-10-34(14)26(35)38-21-11-19-20(12-22(21)39(5,36)37)31-16(3)32-25(19)30-15(2)17-7-6-8-18(23(17)27)24(28)29/h6-8,11-12,14-15,24H,9-10,13H2,1-5H3,(H,30,31,32)/t14?,15-/m1/s1. The van der Waals surface area contributed by atoms with Gasteiger partial charge < -0.3 is 19.9 Å². The van der Waals surface area contributed by atoms with Gasteiger partial charge in [-0.15, -0.1) is 0 Å². The number of carbonyl (C=O) groups is 1.